The first-order valence-electron chi connectivity index (χ1n) is 6.72. The standard InChI is InChI=1S/C16H14N2O5/c1-10-2-4-13(12(8-10)18-15(19)6-7-17)22-9-11-3-5-14(23-11)16(20)21/h2-5,8H,6,9H2,1H3,(H,18,19)(H,20,21). The molecule has 1 aromatic carbocycles. The number of carboxylic acids is 1. The molecule has 7 heteroatoms. The number of furan rings is 1. The molecular weight excluding hydrogens is 300 g/mol. The number of aromatic carboxylic acids is 1. The molecular formula is C16H14N2O5. The number of nitrogens with one attached hydrogen (secondary N) is 1. The lowest BCUT2D eigenvalue weighted by atomic mass is 10.2. The number of rotatable bonds is 6. The summed E-state index contributed by atoms with van der Waals surface area (Å²) < 4.78 is 10.7. The number of carbonyl (C=O) groups excluding carboxylic acids is 1. The predicted octanol–water partition coefficient (Wildman–Crippen LogP) is 2.72. The average molecular weight is 314 g/mol. The molecule has 0 unspecified atom stereocenters. The fourth-order valence-electron chi connectivity index (χ4n) is 1.85. The number of nitrogens with zero attached hydrogens (tertiary/aromatic N) is 1. The smallest absolute Gasteiger partial charge is 0.371 e. The number of amides is 1. The van der Waals surface area contributed by atoms with E-state index >= 15 is 0 Å². The van der Waals surface area contributed by atoms with Crippen molar-refractivity contribution in [2.45, 2.75) is 20.0 Å². The number of aryl methyl sites for hydroxylation is 1. The van der Waals surface area contributed by atoms with Crippen molar-refractivity contribution in [3.63, 3.8) is 0 Å². The first-order valence-corrected chi connectivity index (χ1v) is 6.72. The van der Waals surface area contributed by atoms with Gasteiger partial charge in [-0.25, -0.2) is 4.79 Å². The SMILES string of the molecule is Cc1ccc(OCc2ccc(C(=O)O)o2)c(NC(=O)CC#N)c1. The van der Waals surface area contributed by atoms with E-state index in [4.69, 9.17) is 19.5 Å². The molecule has 0 aliphatic carbocycles. The largest absolute Gasteiger partial charge is 0.483 e. The molecule has 2 aromatic rings. The normalized spacial score (nSPS) is 9.91. The molecule has 0 atom stereocenters. The van der Waals surface area contributed by atoms with Crippen molar-refractivity contribution in [1.82, 2.24) is 0 Å². The van der Waals surface area contributed by atoms with Gasteiger partial charge in [-0.1, -0.05) is 6.07 Å². The number of ether oxygens (including phenoxy) is 1. The molecule has 1 aromatic heterocycles. The van der Waals surface area contributed by atoms with Crippen LogP contribution >= 0.6 is 0 Å². The second-order valence-corrected chi connectivity index (χ2v) is 4.74. The van der Waals surface area contributed by atoms with Gasteiger partial charge >= 0.3 is 5.97 Å². The third-order valence-corrected chi connectivity index (χ3v) is 2.89. The molecule has 1 amide bonds. The second-order valence-electron chi connectivity index (χ2n) is 4.74. The zero-order valence-corrected chi connectivity index (χ0v) is 12.3. The van der Waals surface area contributed by atoms with Gasteiger partial charge in [0.25, 0.3) is 0 Å². The van der Waals surface area contributed by atoms with Crippen LogP contribution in [0.2, 0.25) is 0 Å². The van der Waals surface area contributed by atoms with Crippen molar-refractivity contribution in [3.8, 4) is 11.8 Å². The van der Waals surface area contributed by atoms with Gasteiger partial charge in [-0.15, -0.1) is 0 Å². The van der Waals surface area contributed by atoms with Gasteiger partial charge in [0.05, 0.1) is 11.8 Å². The Morgan fingerprint density at radius 2 is 2.13 bits per heavy atom. The Kier molecular flexibility index (Phi) is 5.00. The van der Waals surface area contributed by atoms with Gasteiger partial charge in [-0.3, -0.25) is 4.79 Å². The summed E-state index contributed by atoms with van der Waals surface area (Å²) in [4.78, 5) is 22.3. The highest BCUT2D eigenvalue weighted by molar-refractivity contribution is 5.93. The summed E-state index contributed by atoms with van der Waals surface area (Å²) in [6.07, 6.45) is -0.256. The van der Waals surface area contributed by atoms with Crippen LogP contribution in [0.4, 0.5) is 5.69 Å². The highest BCUT2D eigenvalue weighted by Crippen LogP contribution is 2.27. The zero-order chi connectivity index (χ0) is 16.8. The van der Waals surface area contributed by atoms with Gasteiger partial charge in [0.2, 0.25) is 11.7 Å². The Labute approximate surface area is 132 Å². The highest BCUT2D eigenvalue weighted by Gasteiger charge is 2.12. The molecule has 0 aliphatic heterocycles. The van der Waals surface area contributed by atoms with E-state index in [0.717, 1.165) is 5.56 Å². The maximum atomic E-state index is 11.6. The van der Waals surface area contributed by atoms with E-state index in [1.165, 1.54) is 12.1 Å². The molecule has 0 saturated heterocycles. The van der Waals surface area contributed by atoms with Crippen LogP contribution in [0.1, 0.15) is 28.3 Å². The van der Waals surface area contributed by atoms with Crippen molar-refractivity contribution < 1.29 is 23.8 Å². The molecule has 0 fully saturated rings. The fraction of sp³-hybridized carbons (Fsp3) is 0.188. The van der Waals surface area contributed by atoms with Crippen LogP contribution in [0.25, 0.3) is 0 Å². The summed E-state index contributed by atoms with van der Waals surface area (Å²) in [6.45, 7) is 1.87. The Bertz CT molecular complexity index is 773. The van der Waals surface area contributed by atoms with E-state index in [1.807, 2.05) is 6.92 Å². The molecule has 118 valence electrons. The van der Waals surface area contributed by atoms with Crippen LogP contribution < -0.4 is 10.1 Å². The van der Waals surface area contributed by atoms with Crippen LogP contribution in [0.15, 0.2) is 34.7 Å². The summed E-state index contributed by atoms with van der Waals surface area (Å²) >= 11 is 0. The summed E-state index contributed by atoms with van der Waals surface area (Å²) in [6, 6.07) is 9.82. The van der Waals surface area contributed by atoms with E-state index in [0.29, 0.717) is 17.2 Å². The average Bonchev–Trinajstić information content (AvgIpc) is 2.96. The molecule has 0 bridgehead atoms. The molecule has 23 heavy (non-hydrogen) atoms. The van der Waals surface area contributed by atoms with Crippen LogP contribution in [-0.2, 0) is 11.4 Å². The lowest BCUT2D eigenvalue weighted by Gasteiger charge is -2.12. The van der Waals surface area contributed by atoms with Gasteiger partial charge < -0.3 is 19.6 Å². The third-order valence-electron chi connectivity index (χ3n) is 2.89. The summed E-state index contributed by atoms with van der Waals surface area (Å²) in [5, 5.41) is 19.9. The minimum absolute atomic E-state index is 0.0114. The highest BCUT2D eigenvalue weighted by atomic mass is 16.5. The van der Waals surface area contributed by atoms with E-state index in [-0.39, 0.29) is 18.8 Å². The summed E-state index contributed by atoms with van der Waals surface area (Å²) in [5.41, 5.74) is 1.35. The topological polar surface area (TPSA) is 113 Å². The summed E-state index contributed by atoms with van der Waals surface area (Å²) in [7, 11) is 0. The number of carbonyl (C=O) groups is 2. The number of benzene rings is 1. The van der Waals surface area contributed by atoms with Gasteiger partial charge in [0, 0.05) is 0 Å². The monoisotopic (exact) mass is 314 g/mol. The molecule has 0 spiro atoms. The van der Waals surface area contributed by atoms with Crippen LogP contribution in [0.5, 0.6) is 5.75 Å². The molecule has 0 aliphatic rings. The van der Waals surface area contributed by atoms with Gasteiger partial charge in [0.15, 0.2) is 0 Å². The number of carboxylic acid groups (broad SMARTS) is 1. The zero-order valence-electron chi connectivity index (χ0n) is 12.3. The number of hydrogen-bond acceptors (Lipinski definition) is 5. The first kappa shape index (κ1) is 16.1. The molecule has 0 radical (unpaired) electrons. The van der Waals surface area contributed by atoms with Gasteiger partial charge in [0.1, 0.15) is 24.5 Å². The lowest BCUT2D eigenvalue weighted by molar-refractivity contribution is -0.115. The van der Waals surface area contributed by atoms with E-state index in [1.54, 1.807) is 24.3 Å². The molecule has 7 nitrogen and oxygen atoms in total. The Hall–Kier alpha value is -3.27. The number of nitriles is 1. The summed E-state index contributed by atoms with van der Waals surface area (Å²) in [5.74, 6) is -1.02. The minimum Gasteiger partial charge on any atom is -0.483 e. The lowest BCUT2D eigenvalue weighted by Crippen LogP contribution is -2.11. The van der Waals surface area contributed by atoms with Crippen LogP contribution in [0.3, 0.4) is 0 Å². The number of anilines is 1. The molecule has 2 rings (SSSR count). The van der Waals surface area contributed by atoms with Crippen molar-refractivity contribution in [2.24, 2.45) is 0 Å². The fourth-order valence-corrected chi connectivity index (χ4v) is 1.85. The van der Waals surface area contributed by atoms with Gasteiger partial charge in [-0.2, -0.15) is 5.26 Å². The number of hydrogen-bond donors (Lipinski definition) is 2. The third kappa shape index (κ3) is 4.35. The van der Waals surface area contributed by atoms with E-state index in [9.17, 15) is 9.59 Å². The van der Waals surface area contributed by atoms with E-state index in [2.05, 4.69) is 5.32 Å². The Balaban J connectivity index is 2.10. The van der Waals surface area contributed by atoms with Crippen molar-refractivity contribution in [3.05, 3.63) is 47.4 Å². The van der Waals surface area contributed by atoms with Crippen molar-refractivity contribution >= 4 is 17.6 Å². The molecule has 1 heterocycles. The van der Waals surface area contributed by atoms with Crippen molar-refractivity contribution in [2.75, 3.05) is 5.32 Å². The second kappa shape index (κ2) is 7.13. The van der Waals surface area contributed by atoms with Gasteiger partial charge in [-0.05, 0) is 36.8 Å². The quantitative estimate of drug-likeness (QED) is 0.847. The predicted molar refractivity (Wildman–Crippen MR) is 80.0 cm³/mol. The minimum atomic E-state index is -1.16. The molecule has 0 saturated carbocycles. The Morgan fingerprint density at radius 3 is 2.78 bits per heavy atom. The van der Waals surface area contributed by atoms with E-state index < -0.39 is 11.9 Å². The maximum absolute atomic E-state index is 11.6. The van der Waals surface area contributed by atoms with Crippen LogP contribution in [0, 0.1) is 18.3 Å². The Morgan fingerprint density at radius 1 is 1.35 bits per heavy atom. The van der Waals surface area contributed by atoms with Crippen LogP contribution in [-0.4, -0.2) is 17.0 Å². The maximum Gasteiger partial charge on any atom is 0.371 e. The van der Waals surface area contributed by atoms with Crippen molar-refractivity contribution in [1.29, 1.82) is 5.26 Å². The molecule has 2 N–H and O–H groups in total. The first-order chi connectivity index (χ1) is 11.0.